The first-order valence-corrected chi connectivity index (χ1v) is 7.88. The Morgan fingerprint density at radius 1 is 1.58 bits per heavy atom. The van der Waals surface area contributed by atoms with Crippen molar-refractivity contribution in [1.29, 1.82) is 0 Å². The molecule has 2 heterocycles. The standard InChI is InChI=1S/C12H16BrClN4S/c1-6-5-19-12(11(6)14)8(16-15)4-9-10(13)7(2)17-18(9)3/h5,8,16H,4,15H2,1-3H3. The molecule has 0 fully saturated rings. The van der Waals surface area contributed by atoms with Gasteiger partial charge in [-0.05, 0) is 40.7 Å². The molecule has 0 radical (unpaired) electrons. The number of hydrogen-bond donors (Lipinski definition) is 2. The number of aromatic nitrogens is 2. The van der Waals surface area contributed by atoms with E-state index in [4.69, 9.17) is 17.4 Å². The minimum atomic E-state index is -0.0164. The molecule has 1 atom stereocenters. The van der Waals surface area contributed by atoms with E-state index in [1.54, 1.807) is 11.3 Å². The highest BCUT2D eigenvalue weighted by molar-refractivity contribution is 9.10. The number of hydrogen-bond acceptors (Lipinski definition) is 4. The maximum absolute atomic E-state index is 6.31. The molecule has 0 saturated carbocycles. The lowest BCUT2D eigenvalue weighted by Gasteiger charge is -2.15. The number of hydrazine groups is 1. The lowest BCUT2D eigenvalue weighted by molar-refractivity contribution is 0.536. The van der Waals surface area contributed by atoms with Crippen LogP contribution < -0.4 is 11.3 Å². The first kappa shape index (κ1) is 15.0. The molecule has 0 aliphatic carbocycles. The first-order chi connectivity index (χ1) is 8.95. The van der Waals surface area contributed by atoms with E-state index in [2.05, 4.69) is 26.5 Å². The Bertz CT molecular complexity index is 593. The molecule has 0 aromatic carbocycles. The van der Waals surface area contributed by atoms with Crippen LogP contribution in [-0.4, -0.2) is 9.78 Å². The normalized spacial score (nSPS) is 12.9. The topological polar surface area (TPSA) is 55.9 Å². The zero-order valence-corrected chi connectivity index (χ0v) is 14.2. The van der Waals surface area contributed by atoms with E-state index in [1.165, 1.54) is 0 Å². The highest BCUT2D eigenvalue weighted by Crippen LogP contribution is 2.35. The lowest BCUT2D eigenvalue weighted by Crippen LogP contribution is -2.29. The van der Waals surface area contributed by atoms with Gasteiger partial charge in [0.25, 0.3) is 0 Å². The van der Waals surface area contributed by atoms with Crippen LogP contribution in [0.1, 0.15) is 27.9 Å². The number of nitrogens with one attached hydrogen (secondary N) is 1. The predicted molar refractivity (Wildman–Crippen MR) is 83.5 cm³/mol. The molecule has 0 aliphatic rings. The quantitative estimate of drug-likeness (QED) is 0.647. The van der Waals surface area contributed by atoms with Crippen molar-refractivity contribution >= 4 is 38.9 Å². The Morgan fingerprint density at radius 3 is 2.68 bits per heavy atom. The predicted octanol–water partition coefficient (Wildman–Crippen LogP) is 3.26. The summed E-state index contributed by atoms with van der Waals surface area (Å²) in [6, 6.07) is -0.0164. The Hall–Kier alpha value is -0.400. The van der Waals surface area contributed by atoms with Crippen molar-refractivity contribution in [2.75, 3.05) is 0 Å². The summed E-state index contributed by atoms with van der Waals surface area (Å²) in [6.07, 6.45) is 0.730. The second-order valence-corrected chi connectivity index (χ2v) is 6.57. The van der Waals surface area contributed by atoms with E-state index in [-0.39, 0.29) is 6.04 Å². The Kier molecular flexibility index (Phi) is 4.68. The largest absolute Gasteiger partial charge is 0.271 e. The van der Waals surface area contributed by atoms with Gasteiger partial charge in [0.1, 0.15) is 0 Å². The van der Waals surface area contributed by atoms with Gasteiger partial charge in [0, 0.05) is 18.3 Å². The number of nitrogens with zero attached hydrogens (tertiary/aromatic N) is 2. The smallest absolute Gasteiger partial charge is 0.0738 e. The van der Waals surface area contributed by atoms with Gasteiger partial charge >= 0.3 is 0 Å². The van der Waals surface area contributed by atoms with Crippen molar-refractivity contribution in [3.05, 3.63) is 36.7 Å². The van der Waals surface area contributed by atoms with Gasteiger partial charge in [-0.25, -0.2) is 0 Å². The maximum Gasteiger partial charge on any atom is 0.0738 e. The molecular weight excluding hydrogens is 348 g/mol. The highest BCUT2D eigenvalue weighted by atomic mass is 79.9. The molecule has 4 nitrogen and oxygen atoms in total. The molecular formula is C12H16BrClN4S. The average molecular weight is 364 g/mol. The van der Waals surface area contributed by atoms with Gasteiger partial charge in [-0.1, -0.05) is 11.6 Å². The third kappa shape index (κ3) is 2.87. The molecule has 2 rings (SSSR count). The van der Waals surface area contributed by atoms with Crippen molar-refractivity contribution in [1.82, 2.24) is 15.2 Å². The van der Waals surface area contributed by atoms with Crippen LogP contribution in [0.4, 0.5) is 0 Å². The van der Waals surface area contributed by atoms with Crippen LogP contribution in [-0.2, 0) is 13.5 Å². The number of rotatable bonds is 4. The van der Waals surface area contributed by atoms with Crippen molar-refractivity contribution in [3.63, 3.8) is 0 Å². The first-order valence-electron chi connectivity index (χ1n) is 5.83. The third-order valence-corrected chi connectivity index (χ3v) is 5.96. The summed E-state index contributed by atoms with van der Waals surface area (Å²) in [7, 11) is 1.93. The second kappa shape index (κ2) is 5.93. The van der Waals surface area contributed by atoms with Gasteiger partial charge in [-0.3, -0.25) is 16.0 Å². The molecule has 0 amide bonds. The molecule has 1 unspecified atom stereocenters. The summed E-state index contributed by atoms with van der Waals surface area (Å²) in [5.74, 6) is 5.69. The summed E-state index contributed by atoms with van der Waals surface area (Å²) >= 11 is 11.5. The minimum Gasteiger partial charge on any atom is -0.271 e. The average Bonchev–Trinajstić information content (AvgIpc) is 2.81. The summed E-state index contributed by atoms with van der Waals surface area (Å²) in [6.45, 7) is 3.97. The Labute approximate surface area is 130 Å². The summed E-state index contributed by atoms with van der Waals surface area (Å²) in [5.41, 5.74) is 6.01. The van der Waals surface area contributed by atoms with Gasteiger partial charge < -0.3 is 0 Å². The van der Waals surface area contributed by atoms with Crippen LogP contribution in [0.2, 0.25) is 5.02 Å². The number of halogens is 2. The zero-order valence-electron chi connectivity index (χ0n) is 11.0. The Morgan fingerprint density at radius 2 is 2.26 bits per heavy atom. The van der Waals surface area contributed by atoms with Gasteiger partial charge in [0.15, 0.2) is 0 Å². The van der Waals surface area contributed by atoms with Crippen molar-refractivity contribution in [3.8, 4) is 0 Å². The van der Waals surface area contributed by atoms with Crippen LogP contribution in [0.25, 0.3) is 0 Å². The molecule has 0 aliphatic heterocycles. The van der Waals surface area contributed by atoms with Crippen LogP contribution in [0.3, 0.4) is 0 Å². The van der Waals surface area contributed by atoms with Crippen molar-refractivity contribution in [2.45, 2.75) is 26.3 Å². The molecule has 104 valence electrons. The van der Waals surface area contributed by atoms with Gasteiger partial charge in [0.05, 0.1) is 26.9 Å². The van der Waals surface area contributed by atoms with Gasteiger partial charge in [0.2, 0.25) is 0 Å². The van der Waals surface area contributed by atoms with Crippen molar-refractivity contribution in [2.24, 2.45) is 12.9 Å². The number of thiophene rings is 1. The number of aryl methyl sites for hydroxylation is 3. The summed E-state index contributed by atoms with van der Waals surface area (Å²) in [5, 5.41) is 7.23. The van der Waals surface area contributed by atoms with Crippen LogP contribution in [0.5, 0.6) is 0 Å². The SMILES string of the molecule is Cc1csc(C(Cc2c(Br)c(C)nn2C)NN)c1Cl. The second-order valence-electron chi connectivity index (χ2n) is 4.49. The van der Waals surface area contributed by atoms with Crippen LogP contribution in [0, 0.1) is 13.8 Å². The van der Waals surface area contributed by atoms with Gasteiger partial charge in [-0.15, -0.1) is 11.3 Å². The molecule has 0 bridgehead atoms. The Balaban J connectivity index is 2.32. The fourth-order valence-corrected chi connectivity index (χ4v) is 3.89. The lowest BCUT2D eigenvalue weighted by atomic mass is 10.1. The molecule has 3 N–H and O–H groups in total. The van der Waals surface area contributed by atoms with E-state index in [0.29, 0.717) is 0 Å². The maximum atomic E-state index is 6.31. The number of nitrogens with two attached hydrogens (primary N) is 1. The molecule has 7 heteroatoms. The van der Waals surface area contributed by atoms with E-state index in [0.717, 1.165) is 37.7 Å². The fraction of sp³-hybridized carbons (Fsp3) is 0.417. The van der Waals surface area contributed by atoms with Crippen molar-refractivity contribution < 1.29 is 0 Å². The summed E-state index contributed by atoms with van der Waals surface area (Å²) in [4.78, 5) is 1.06. The monoisotopic (exact) mass is 362 g/mol. The third-order valence-electron chi connectivity index (χ3n) is 3.10. The van der Waals surface area contributed by atoms with E-state index in [9.17, 15) is 0 Å². The zero-order chi connectivity index (χ0) is 14.2. The summed E-state index contributed by atoms with van der Waals surface area (Å²) < 4.78 is 2.90. The van der Waals surface area contributed by atoms with Gasteiger partial charge in [-0.2, -0.15) is 5.10 Å². The fourth-order valence-electron chi connectivity index (χ4n) is 2.01. The molecule has 19 heavy (non-hydrogen) atoms. The van der Waals surface area contributed by atoms with Crippen LogP contribution in [0.15, 0.2) is 9.85 Å². The molecule has 2 aromatic rings. The minimum absolute atomic E-state index is 0.0164. The highest BCUT2D eigenvalue weighted by Gasteiger charge is 2.21. The van der Waals surface area contributed by atoms with E-state index < -0.39 is 0 Å². The van der Waals surface area contributed by atoms with Crippen LogP contribution >= 0.6 is 38.9 Å². The molecule has 0 saturated heterocycles. The van der Waals surface area contributed by atoms with E-state index in [1.807, 2.05) is 31.0 Å². The molecule has 2 aromatic heterocycles. The molecule has 0 spiro atoms. The van der Waals surface area contributed by atoms with E-state index >= 15 is 0 Å².